The van der Waals surface area contributed by atoms with Gasteiger partial charge in [0, 0.05) is 33.1 Å². The second kappa shape index (κ2) is 13.5. The van der Waals surface area contributed by atoms with Gasteiger partial charge in [-0.25, -0.2) is 0 Å². The van der Waals surface area contributed by atoms with Crippen LogP contribution in [0.1, 0.15) is 33.1 Å². The van der Waals surface area contributed by atoms with Gasteiger partial charge < -0.3 is 16.0 Å². The maximum absolute atomic E-state index is 11.3. The summed E-state index contributed by atoms with van der Waals surface area (Å²) in [6, 6.07) is 0. The molecule has 0 saturated heterocycles. The number of amides is 1. The van der Waals surface area contributed by atoms with E-state index in [4.69, 9.17) is 0 Å². The summed E-state index contributed by atoms with van der Waals surface area (Å²) < 4.78 is 0. The van der Waals surface area contributed by atoms with Crippen molar-refractivity contribution in [3.05, 3.63) is 0 Å². The number of hydrogen-bond donors (Lipinski definition) is 3. The molecule has 0 spiro atoms. The molecule has 0 aromatic carbocycles. The molecule has 17 heavy (non-hydrogen) atoms. The third-order valence-electron chi connectivity index (χ3n) is 1.98. The van der Waals surface area contributed by atoms with Crippen LogP contribution in [0.2, 0.25) is 0 Å². The molecule has 0 aliphatic rings. The van der Waals surface area contributed by atoms with Gasteiger partial charge in [0.05, 0.1) is 0 Å². The third-order valence-corrected chi connectivity index (χ3v) is 1.98. The molecule has 3 N–H and O–H groups in total. The number of aliphatic imine (C=N–C) groups is 1. The second-order valence-corrected chi connectivity index (χ2v) is 3.53. The zero-order valence-electron chi connectivity index (χ0n) is 11.0. The predicted octanol–water partition coefficient (Wildman–Crippen LogP) is 1.10. The lowest BCUT2D eigenvalue weighted by Crippen LogP contribution is -2.39. The molecule has 0 aliphatic carbocycles. The van der Waals surface area contributed by atoms with Crippen LogP contribution in [0.4, 0.5) is 0 Å². The fraction of sp³-hybridized carbons (Fsp3) is 0.818. The van der Waals surface area contributed by atoms with Crippen LogP contribution in [-0.4, -0.2) is 38.5 Å². The van der Waals surface area contributed by atoms with E-state index < -0.39 is 0 Å². The normalized spacial score (nSPS) is 10.4. The van der Waals surface area contributed by atoms with Crippen LogP contribution < -0.4 is 16.0 Å². The lowest BCUT2D eigenvalue weighted by atomic mass is 10.4. The number of halogens is 1. The number of hydrogen-bond acceptors (Lipinski definition) is 2. The molecule has 5 nitrogen and oxygen atoms in total. The topological polar surface area (TPSA) is 65.5 Å². The van der Waals surface area contributed by atoms with Crippen LogP contribution in [0.15, 0.2) is 4.99 Å². The maximum Gasteiger partial charge on any atom is 0.221 e. The average Bonchev–Trinajstić information content (AvgIpc) is 2.30. The van der Waals surface area contributed by atoms with Crippen molar-refractivity contribution in [2.24, 2.45) is 4.99 Å². The van der Waals surface area contributed by atoms with Gasteiger partial charge in [0.15, 0.2) is 5.96 Å². The highest BCUT2D eigenvalue weighted by Gasteiger charge is 2.00. The zero-order chi connectivity index (χ0) is 12.2. The predicted molar refractivity (Wildman–Crippen MR) is 83.0 cm³/mol. The van der Waals surface area contributed by atoms with E-state index in [1.165, 1.54) is 0 Å². The Morgan fingerprint density at radius 1 is 1.00 bits per heavy atom. The first kappa shape index (κ1) is 18.8. The Hall–Kier alpha value is -0.530. The molecule has 0 atom stereocenters. The first-order valence-corrected chi connectivity index (χ1v) is 5.95. The Balaban J connectivity index is 0. The van der Waals surface area contributed by atoms with Crippen molar-refractivity contribution in [2.45, 2.75) is 33.1 Å². The molecule has 0 radical (unpaired) electrons. The largest absolute Gasteiger partial charge is 0.356 e. The van der Waals surface area contributed by atoms with Gasteiger partial charge in [-0.05, 0) is 12.8 Å². The molecule has 0 fully saturated rings. The van der Waals surface area contributed by atoms with Crippen LogP contribution in [0.5, 0.6) is 0 Å². The summed E-state index contributed by atoms with van der Waals surface area (Å²) in [5, 5.41) is 9.06. The summed E-state index contributed by atoms with van der Waals surface area (Å²) in [7, 11) is 1.72. The Labute approximate surface area is 121 Å². The highest BCUT2D eigenvalue weighted by Crippen LogP contribution is 1.80. The lowest BCUT2D eigenvalue weighted by Gasteiger charge is -2.10. The summed E-state index contributed by atoms with van der Waals surface area (Å²) >= 11 is 0. The van der Waals surface area contributed by atoms with Crippen LogP contribution in [0, 0.1) is 0 Å². The minimum absolute atomic E-state index is 0. The highest BCUT2D eigenvalue weighted by atomic mass is 127. The Kier molecular flexibility index (Phi) is 15.0. The molecule has 102 valence electrons. The summed E-state index contributed by atoms with van der Waals surface area (Å²) in [6.07, 6.45) is 2.50. The standard InChI is InChI=1S/C11H24N4O.HI/c1-4-7-13-10(16)6-9-15-11(12-3)14-8-5-2;/h4-9H2,1-3H3,(H,13,16)(H2,12,14,15);1H. The number of carbonyl (C=O) groups excluding carboxylic acids is 1. The molecule has 0 aliphatic heterocycles. The molecule has 0 bridgehead atoms. The monoisotopic (exact) mass is 356 g/mol. The van der Waals surface area contributed by atoms with E-state index in [1.807, 2.05) is 6.92 Å². The first-order chi connectivity index (χ1) is 7.74. The molecule has 0 aromatic rings. The number of guanidine groups is 1. The highest BCUT2D eigenvalue weighted by molar-refractivity contribution is 14.0. The summed E-state index contributed by atoms with van der Waals surface area (Å²) in [5.41, 5.74) is 0. The number of nitrogens with one attached hydrogen (secondary N) is 3. The van der Waals surface area contributed by atoms with Gasteiger partial charge >= 0.3 is 0 Å². The van der Waals surface area contributed by atoms with Crippen molar-refractivity contribution >= 4 is 35.8 Å². The van der Waals surface area contributed by atoms with Gasteiger partial charge in [0.2, 0.25) is 5.91 Å². The van der Waals surface area contributed by atoms with Crippen molar-refractivity contribution in [3.63, 3.8) is 0 Å². The molecule has 0 unspecified atom stereocenters. The minimum Gasteiger partial charge on any atom is -0.356 e. The van der Waals surface area contributed by atoms with Crippen molar-refractivity contribution in [1.29, 1.82) is 0 Å². The van der Waals surface area contributed by atoms with Crippen LogP contribution in [0.25, 0.3) is 0 Å². The molecule has 0 heterocycles. The minimum atomic E-state index is 0. The summed E-state index contributed by atoms with van der Waals surface area (Å²) in [5.74, 6) is 0.838. The van der Waals surface area contributed by atoms with Crippen molar-refractivity contribution in [1.82, 2.24) is 16.0 Å². The molecule has 0 aromatic heterocycles. The van der Waals surface area contributed by atoms with E-state index in [-0.39, 0.29) is 29.9 Å². The molecular formula is C11H25IN4O. The van der Waals surface area contributed by atoms with Gasteiger partial charge in [0.1, 0.15) is 0 Å². The fourth-order valence-corrected chi connectivity index (χ4v) is 1.11. The van der Waals surface area contributed by atoms with E-state index in [0.29, 0.717) is 13.0 Å². The van der Waals surface area contributed by atoms with Gasteiger partial charge in [0.25, 0.3) is 0 Å². The van der Waals surface area contributed by atoms with E-state index >= 15 is 0 Å². The molecule has 1 amide bonds. The van der Waals surface area contributed by atoms with E-state index in [2.05, 4.69) is 27.9 Å². The van der Waals surface area contributed by atoms with Gasteiger partial charge in [-0.1, -0.05) is 13.8 Å². The first-order valence-electron chi connectivity index (χ1n) is 5.95. The lowest BCUT2D eigenvalue weighted by molar-refractivity contribution is -0.120. The summed E-state index contributed by atoms with van der Waals surface area (Å²) in [6.45, 7) is 6.38. The molecule has 0 saturated carbocycles. The Morgan fingerprint density at radius 3 is 2.06 bits per heavy atom. The third kappa shape index (κ3) is 11.7. The second-order valence-electron chi connectivity index (χ2n) is 3.53. The van der Waals surface area contributed by atoms with Crippen molar-refractivity contribution < 1.29 is 4.79 Å². The fourth-order valence-electron chi connectivity index (χ4n) is 1.11. The number of carbonyl (C=O) groups is 1. The number of rotatable bonds is 7. The van der Waals surface area contributed by atoms with Gasteiger partial charge in [-0.3, -0.25) is 9.79 Å². The average molecular weight is 356 g/mol. The SMILES string of the molecule is CCCNC(=O)CCNC(=NC)NCCC.I. The van der Waals surface area contributed by atoms with Crippen LogP contribution in [-0.2, 0) is 4.79 Å². The van der Waals surface area contributed by atoms with Gasteiger partial charge in [-0.15, -0.1) is 24.0 Å². The van der Waals surface area contributed by atoms with E-state index in [1.54, 1.807) is 7.05 Å². The van der Waals surface area contributed by atoms with Crippen LogP contribution in [0.3, 0.4) is 0 Å². The zero-order valence-corrected chi connectivity index (χ0v) is 13.3. The van der Waals surface area contributed by atoms with Crippen LogP contribution >= 0.6 is 24.0 Å². The van der Waals surface area contributed by atoms with Gasteiger partial charge in [-0.2, -0.15) is 0 Å². The van der Waals surface area contributed by atoms with E-state index in [0.717, 1.165) is 31.9 Å². The van der Waals surface area contributed by atoms with Crippen molar-refractivity contribution in [3.8, 4) is 0 Å². The summed E-state index contributed by atoms with van der Waals surface area (Å²) in [4.78, 5) is 15.3. The van der Waals surface area contributed by atoms with E-state index in [9.17, 15) is 4.79 Å². The Bertz CT molecular complexity index is 222. The smallest absolute Gasteiger partial charge is 0.221 e. The van der Waals surface area contributed by atoms with Crippen molar-refractivity contribution in [2.75, 3.05) is 26.7 Å². The quantitative estimate of drug-likeness (QED) is 0.364. The number of nitrogens with zero attached hydrogens (tertiary/aromatic N) is 1. The molecule has 0 rings (SSSR count). The maximum atomic E-state index is 11.3. The molecular weight excluding hydrogens is 331 g/mol. The molecule has 6 heteroatoms. The Morgan fingerprint density at radius 2 is 1.53 bits per heavy atom.